The highest BCUT2D eigenvalue weighted by molar-refractivity contribution is 5.11. The van der Waals surface area contributed by atoms with Gasteiger partial charge >= 0.3 is 6.18 Å². The Hall–Kier alpha value is -0.290. The van der Waals surface area contributed by atoms with Crippen LogP contribution in [0.3, 0.4) is 0 Å². The third-order valence-electron chi connectivity index (χ3n) is 14.0. The van der Waals surface area contributed by atoms with Crippen molar-refractivity contribution in [3.63, 3.8) is 0 Å². The molecule has 0 heterocycles. The van der Waals surface area contributed by atoms with Crippen molar-refractivity contribution < 1.29 is 23.4 Å². The highest BCUT2D eigenvalue weighted by Gasteiger charge is 2.65. The van der Waals surface area contributed by atoms with Gasteiger partial charge in [0.05, 0.1) is 5.60 Å². The Morgan fingerprint density at radius 3 is 2.05 bits per heavy atom. The summed E-state index contributed by atoms with van der Waals surface area (Å²) in [7, 11) is 0. The molecule has 0 aliphatic heterocycles. The van der Waals surface area contributed by atoms with E-state index in [1.807, 2.05) is 0 Å². The molecule has 0 aromatic carbocycles. The molecule has 0 aromatic rings. The summed E-state index contributed by atoms with van der Waals surface area (Å²) in [4.78, 5) is 0. The van der Waals surface area contributed by atoms with Crippen LogP contribution in [0.25, 0.3) is 0 Å². The van der Waals surface area contributed by atoms with Gasteiger partial charge in [-0.05, 0) is 154 Å². The Bertz CT molecular complexity index is 848. The molecule has 2 N–H and O–H groups in total. The van der Waals surface area contributed by atoms with E-state index in [0.29, 0.717) is 47.3 Å². The maximum absolute atomic E-state index is 13.7. The highest BCUT2D eigenvalue weighted by atomic mass is 19.4. The van der Waals surface area contributed by atoms with Crippen molar-refractivity contribution >= 4 is 0 Å². The molecule has 0 bridgehead atoms. The van der Waals surface area contributed by atoms with Gasteiger partial charge < -0.3 is 10.2 Å². The molecule has 0 unspecified atom stereocenters. The van der Waals surface area contributed by atoms with Crippen LogP contribution in [0.1, 0.15) is 131 Å². The van der Waals surface area contributed by atoms with E-state index in [2.05, 4.69) is 34.6 Å². The first kappa shape index (κ1) is 29.2. The topological polar surface area (TPSA) is 40.5 Å². The zero-order chi connectivity index (χ0) is 27.7. The third-order valence-corrected chi connectivity index (χ3v) is 14.0. The molecule has 2 nitrogen and oxygen atoms in total. The van der Waals surface area contributed by atoms with E-state index in [1.165, 1.54) is 19.3 Å². The molecule has 9 atom stereocenters. The van der Waals surface area contributed by atoms with Gasteiger partial charge in [-0.25, -0.2) is 0 Å². The molecule has 5 rings (SSSR count). The third kappa shape index (κ3) is 4.80. The molecule has 5 heteroatoms. The lowest BCUT2D eigenvalue weighted by Gasteiger charge is -2.62. The molecular formula is C33H55F3O2. The Balaban J connectivity index is 1.22. The summed E-state index contributed by atoms with van der Waals surface area (Å²) in [5.74, 6) is 4.57. The van der Waals surface area contributed by atoms with Crippen LogP contribution >= 0.6 is 0 Å². The quantitative estimate of drug-likeness (QED) is 0.365. The zero-order valence-electron chi connectivity index (χ0n) is 24.8. The van der Waals surface area contributed by atoms with Crippen LogP contribution in [-0.4, -0.2) is 27.6 Å². The van der Waals surface area contributed by atoms with Gasteiger partial charge in [-0.3, -0.25) is 0 Å². The Kier molecular flexibility index (Phi) is 7.62. The van der Waals surface area contributed by atoms with E-state index in [4.69, 9.17) is 0 Å². The minimum Gasteiger partial charge on any atom is -0.390 e. The van der Waals surface area contributed by atoms with Crippen molar-refractivity contribution in [3.8, 4) is 0 Å². The van der Waals surface area contributed by atoms with E-state index in [1.54, 1.807) is 0 Å². The first-order chi connectivity index (χ1) is 17.6. The fourth-order valence-electron chi connectivity index (χ4n) is 11.3. The minimum absolute atomic E-state index is 0.0175. The number of hydrogen-bond donors (Lipinski definition) is 2. The van der Waals surface area contributed by atoms with Crippen molar-refractivity contribution in [2.24, 2.45) is 58.2 Å². The fraction of sp³-hybridized carbons (Fsp3) is 1.00. The van der Waals surface area contributed by atoms with Crippen molar-refractivity contribution in [3.05, 3.63) is 0 Å². The molecule has 5 fully saturated rings. The maximum Gasteiger partial charge on any atom is 0.417 e. The number of aliphatic hydroxyl groups is 2. The van der Waals surface area contributed by atoms with Crippen LogP contribution in [0.2, 0.25) is 0 Å². The van der Waals surface area contributed by atoms with Gasteiger partial charge in [0.15, 0.2) is 5.60 Å². The molecule has 0 amide bonds. The van der Waals surface area contributed by atoms with Gasteiger partial charge in [0, 0.05) is 0 Å². The Morgan fingerprint density at radius 1 is 0.763 bits per heavy atom. The summed E-state index contributed by atoms with van der Waals surface area (Å²) in [5, 5.41) is 21.9. The van der Waals surface area contributed by atoms with E-state index in [-0.39, 0.29) is 24.2 Å². The van der Waals surface area contributed by atoms with Gasteiger partial charge in [-0.1, -0.05) is 34.6 Å². The smallest absolute Gasteiger partial charge is 0.390 e. The van der Waals surface area contributed by atoms with Crippen LogP contribution in [-0.2, 0) is 0 Å². The molecule has 220 valence electrons. The predicted octanol–water partition coefficient (Wildman–Crippen LogP) is 8.93. The summed E-state index contributed by atoms with van der Waals surface area (Å²) in [5.41, 5.74) is -2.70. The van der Waals surface area contributed by atoms with Crippen molar-refractivity contribution in [1.29, 1.82) is 0 Å². The normalized spacial score (nSPS) is 50.3. The maximum atomic E-state index is 13.7. The van der Waals surface area contributed by atoms with Crippen LogP contribution in [0.15, 0.2) is 0 Å². The molecular weight excluding hydrogens is 485 g/mol. The lowest BCUT2D eigenvalue weighted by molar-refractivity contribution is -0.290. The van der Waals surface area contributed by atoms with Gasteiger partial charge in [-0.15, -0.1) is 0 Å². The average Bonchev–Trinajstić information content (AvgIpc) is 3.20. The van der Waals surface area contributed by atoms with E-state index in [9.17, 15) is 23.4 Å². The number of alkyl halides is 3. The van der Waals surface area contributed by atoms with Crippen LogP contribution in [0.5, 0.6) is 0 Å². The van der Waals surface area contributed by atoms with E-state index in [0.717, 1.165) is 63.7 Å². The van der Waals surface area contributed by atoms with E-state index < -0.39 is 17.4 Å². The van der Waals surface area contributed by atoms with Crippen LogP contribution < -0.4 is 0 Å². The molecule has 0 radical (unpaired) electrons. The first-order valence-electron chi connectivity index (χ1n) is 16.1. The molecule has 0 saturated heterocycles. The SMILES string of the molecule is CC(C)C1CCC(O)(CC[C@@H](C)[C@H]2CC[C@H]3[C@@H]4CC[C@H]5C[C@](O)(C(F)(F)F)CC[C@]5(C)[C@H]4CC[C@]23C)CC1. The largest absolute Gasteiger partial charge is 0.417 e. The summed E-state index contributed by atoms with van der Waals surface area (Å²) in [6, 6.07) is 0. The average molecular weight is 541 g/mol. The number of hydrogen-bond acceptors (Lipinski definition) is 2. The van der Waals surface area contributed by atoms with E-state index >= 15 is 0 Å². The minimum atomic E-state index is -4.52. The summed E-state index contributed by atoms with van der Waals surface area (Å²) >= 11 is 0. The molecule has 0 spiro atoms. The molecule has 38 heavy (non-hydrogen) atoms. The van der Waals surface area contributed by atoms with Crippen LogP contribution in [0, 0.1) is 58.2 Å². The number of rotatable bonds is 5. The summed E-state index contributed by atoms with van der Waals surface area (Å²) in [6.07, 6.45) is 8.79. The lowest BCUT2D eigenvalue weighted by Crippen LogP contribution is -2.59. The second-order valence-corrected chi connectivity index (χ2v) is 15.9. The Labute approximate surface area is 229 Å². The summed E-state index contributed by atoms with van der Waals surface area (Å²) < 4.78 is 41.0. The second-order valence-electron chi connectivity index (χ2n) is 15.9. The highest BCUT2D eigenvalue weighted by Crippen LogP contribution is 2.69. The summed E-state index contributed by atoms with van der Waals surface area (Å²) in [6.45, 7) is 11.9. The van der Waals surface area contributed by atoms with Crippen molar-refractivity contribution in [2.75, 3.05) is 0 Å². The number of fused-ring (bicyclic) bond motifs is 5. The number of halogens is 3. The molecule has 5 saturated carbocycles. The van der Waals surface area contributed by atoms with Gasteiger partial charge in [-0.2, -0.15) is 13.2 Å². The van der Waals surface area contributed by atoms with Gasteiger partial charge in [0.2, 0.25) is 0 Å². The van der Waals surface area contributed by atoms with Gasteiger partial charge in [0.25, 0.3) is 0 Å². The standard InChI is InChI=1S/C33H55F3O2/c1-21(2)23-11-16-31(37,17-12-23)15-10-22(3)26-8-9-27-25-7-6-24-20-32(38,33(34,35)36)19-18-29(24,4)28(25)13-14-30(26,27)5/h21-28,37-38H,6-20H2,1-5H3/t22-,23?,24+,25+,26-,27+,28+,29+,30-,31?,32+/m1/s1. The fourth-order valence-corrected chi connectivity index (χ4v) is 11.3. The molecule has 5 aliphatic carbocycles. The first-order valence-corrected chi connectivity index (χ1v) is 16.1. The second kappa shape index (κ2) is 9.92. The zero-order valence-corrected chi connectivity index (χ0v) is 24.8. The molecule has 0 aromatic heterocycles. The molecule has 5 aliphatic rings. The monoisotopic (exact) mass is 540 g/mol. The van der Waals surface area contributed by atoms with Crippen LogP contribution in [0.4, 0.5) is 13.2 Å². The lowest BCUT2D eigenvalue weighted by atomic mass is 9.43. The van der Waals surface area contributed by atoms with Gasteiger partial charge in [0.1, 0.15) is 0 Å². The van der Waals surface area contributed by atoms with Crippen molar-refractivity contribution in [2.45, 2.75) is 148 Å². The van der Waals surface area contributed by atoms with Crippen molar-refractivity contribution in [1.82, 2.24) is 0 Å². The Morgan fingerprint density at radius 2 is 1.42 bits per heavy atom. The predicted molar refractivity (Wildman–Crippen MR) is 146 cm³/mol.